The van der Waals surface area contributed by atoms with Gasteiger partial charge < -0.3 is 5.11 Å². The molecule has 0 bridgehead atoms. The quantitative estimate of drug-likeness (QED) is 0.449. The molecule has 1 N–H and O–H groups in total. The number of benzene rings is 2. The standard InChI is InChI=1S/C23H17ClN6O4/c24-15-5-6-18(29-12-25-27-28-29)16(10-15)17-11-22(32)30-19(7-8-21(30)26-17)20(31)9-13-1-3-14(4-2-13)23(33)34/h1-6,10-12,19H,7-9H2,(H,33,34). The predicted octanol–water partition coefficient (Wildman–Crippen LogP) is 2.54. The van der Waals surface area contributed by atoms with Crippen LogP contribution in [0.15, 0.2) is 59.7 Å². The highest BCUT2D eigenvalue weighted by Gasteiger charge is 2.31. The summed E-state index contributed by atoms with van der Waals surface area (Å²) in [6, 6.07) is 12.0. The van der Waals surface area contributed by atoms with Crippen molar-refractivity contribution in [1.82, 2.24) is 29.8 Å². The van der Waals surface area contributed by atoms with Gasteiger partial charge >= 0.3 is 5.97 Å². The molecule has 0 spiro atoms. The van der Waals surface area contributed by atoms with E-state index in [1.165, 1.54) is 33.8 Å². The van der Waals surface area contributed by atoms with Crippen LogP contribution >= 0.6 is 11.6 Å². The summed E-state index contributed by atoms with van der Waals surface area (Å²) in [7, 11) is 0. The average molecular weight is 477 g/mol. The first-order valence-electron chi connectivity index (χ1n) is 10.4. The Morgan fingerprint density at radius 3 is 2.62 bits per heavy atom. The maximum Gasteiger partial charge on any atom is 0.335 e. The highest BCUT2D eigenvalue weighted by Crippen LogP contribution is 2.30. The number of carboxylic acid groups (broad SMARTS) is 1. The maximum absolute atomic E-state index is 13.1. The number of aryl methyl sites for hydroxylation is 1. The number of hydrogen-bond acceptors (Lipinski definition) is 7. The number of fused-ring (bicyclic) bond motifs is 1. The maximum atomic E-state index is 13.1. The van der Waals surface area contributed by atoms with Crippen molar-refractivity contribution in [3.63, 3.8) is 0 Å². The predicted molar refractivity (Wildman–Crippen MR) is 121 cm³/mol. The SMILES string of the molecule is O=C(O)c1ccc(CC(=O)C2CCc3nc(-c4cc(Cl)ccc4-n4cnnn4)cc(=O)n32)cc1. The Bertz CT molecular complexity index is 1460. The fraction of sp³-hybridized carbons (Fsp3) is 0.174. The van der Waals surface area contributed by atoms with Crippen LogP contribution in [-0.2, 0) is 17.6 Å². The van der Waals surface area contributed by atoms with Crippen LogP contribution in [0.2, 0.25) is 5.02 Å². The molecule has 1 unspecified atom stereocenters. The molecule has 3 heterocycles. The zero-order valence-corrected chi connectivity index (χ0v) is 18.4. The largest absolute Gasteiger partial charge is 0.478 e. The first-order valence-corrected chi connectivity index (χ1v) is 10.8. The molecule has 2 aromatic heterocycles. The van der Waals surface area contributed by atoms with Gasteiger partial charge in [0.1, 0.15) is 12.2 Å². The molecule has 10 nitrogen and oxygen atoms in total. The van der Waals surface area contributed by atoms with E-state index in [-0.39, 0.29) is 23.3 Å². The number of aromatic nitrogens is 6. The number of ketones is 1. The van der Waals surface area contributed by atoms with E-state index in [9.17, 15) is 14.4 Å². The second kappa shape index (κ2) is 8.64. The van der Waals surface area contributed by atoms with Crippen molar-refractivity contribution in [2.75, 3.05) is 0 Å². The first kappa shape index (κ1) is 21.7. The lowest BCUT2D eigenvalue weighted by atomic mass is 10.0. The molecule has 0 aliphatic carbocycles. The number of rotatable bonds is 6. The number of Topliss-reactive ketones (excluding diaryl/α,β-unsaturated/α-hetero) is 1. The van der Waals surface area contributed by atoms with Crippen molar-refractivity contribution in [2.24, 2.45) is 0 Å². The van der Waals surface area contributed by atoms with Crippen LogP contribution in [-0.4, -0.2) is 46.6 Å². The molecule has 5 rings (SSSR count). The zero-order valence-electron chi connectivity index (χ0n) is 17.6. The third-order valence-electron chi connectivity index (χ3n) is 5.76. The minimum atomic E-state index is -1.03. The van der Waals surface area contributed by atoms with Gasteiger partial charge in [-0.05, 0) is 52.7 Å². The van der Waals surface area contributed by atoms with Crippen molar-refractivity contribution in [3.05, 3.63) is 87.2 Å². The monoisotopic (exact) mass is 476 g/mol. The van der Waals surface area contributed by atoms with Gasteiger partial charge in [0.15, 0.2) is 5.78 Å². The van der Waals surface area contributed by atoms with E-state index in [1.54, 1.807) is 30.3 Å². The van der Waals surface area contributed by atoms with Gasteiger partial charge in [0.2, 0.25) is 0 Å². The average Bonchev–Trinajstić information content (AvgIpc) is 3.50. The van der Waals surface area contributed by atoms with Crippen LogP contribution in [0.4, 0.5) is 0 Å². The summed E-state index contributed by atoms with van der Waals surface area (Å²) in [6.45, 7) is 0. The van der Waals surface area contributed by atoms with Crippen molar-refractivity contribution in [2.45, 2.75) is 25.3 Å². The van der Waals surface area contributed by atoms with Gasteiger partial charge in [-0.3, -0.25) is 14.2 Å². The van der Waals surface area contributed by atoms with Crippen LogP contribution in [0.5, 0.6) is 0 Å². The number of tetrazole rings is 1. The summed E-state index contributed by atoms with van der Waals surface area (Å²) < 4.78 is 2.90. The van der Waals surface area contributed by atoms with E-state index in [0.717, 1.165) is 0 Å². The number of halogens is 1. The number of aromatic carboxylic acids is 1. The second-order valence-electron chi connectivity index (χ2n) is 7.88. The lowest BCUT2D eigenvalue weighted by molar-refractivity contribution is -0.121. The second-order valence-corrected chi connectivity index (χ2v) is 8.32. The molecule has 1 aliphatic rings. The first-order chi connectivity index (χ1) is 16.4. The van der Waals surface area contributed by atoms with Crippen LogP contribution < -0.4 is 5.56 Å². The van der Waals surface area contributed by atoms with Gasteiger partial charge in [0.25, 0.3) is 5.56 Å². The lowest BCUT2D eigenvalue weighted by Crippen LogP contribution is -2.29. The molecule has 1 aliphatic heterocycles. The molecule has 2 aromatic carbocycles. The molecule has 170 valence electrons. The Morgan fingerprint density at radius 1 is 1.12 bits per heavy atom. The summed E-state index contributed by atoms with van der Waals surface area (Å²) in [6.07, 6.45) is 2.46. The van der Waals surface area contributed by atoms with E-state index >= 15 is 0 Å². The summed E-state index contributed by atoms with van der Waals surface area (Å²) in [5, 5.41) is 20.7. The molecule has 0 saturated heterocycles. The van der Waals surface area contributed by atoms with Crippen molar-refractivity contribution >= 4 is 23.4 Å². The minimum absolute atomic E-state index is 0.0932. The molecular formula is C23H17ClN6O4. The van der Waals surface area contributed by atoms with E-state index in [0.29, 0.717) is 46.2 Å². The highest BCUT2D eigenvalue weighted by atomic mass is 35.5. The topological polar surface area (TPSA) is 133 Å². The van der Waals surface area contributed by atoms with Gasteiger partial charge in [-0.1, -0.05) is 23.7 Å². The number of carbonyl (C=O) groups is 2. The van der Waals surface area contributed by atoms with E-state index in [2.05, 4.69) is 20.5 Å². The molecular weight excluding hydrogens is 460 g/mol. The Kier molecular flexibility index (Phi) is 5.50. The third kappa shape index (κ3) is 3.99. The molecule has 0 radical (unpaired) electrons. The summed E-state index contributed by atoms with van der Waals surface area (Å²) in [5.41, 5.74) is 2.13. The van der Waals surface area contributed by atoms with Gasteiger partial charge in [-0.2, -0.15) is 4.68 Å². The van der Waals surface area contributed by atoms with Crippen molar-refractivity contribution in [3.8, 4) is 16.9 Å². The van der Waals surface area contributed by atoms with Crippen molar-refractivity contribution < 1.29 is 14.7 Å². The minimum Gasteiger partial charge on any atom is -0.478 e. The van der Waals surface area contributed by atoms with Crippen molar-refractivity contribution in [1.29, 1.82) is 0 Å². The Morgan fingerprint density at radius 2 is 1.91 bits per heavy atom. The number of carbonyl (C=O) groups excluding carboxylic acids is 1. The lowest BCUT2D eigenvalue weighted by Gasteiger charge is -2.15. The molecule has 0 amide bonds. The summed E-state index contributed by atoms with van der Waals surface area (Å²) >= 11 is 6.20. The van der Waals surface area contributed by atoms with Crippen LogP contribution in [0.25, 0.3) is 16.9 Å². The van der Waals surface area contributed by atoms with E-state index in [4.69, 9.17) is 16.7 Å². The van der Waals surface area contributed by atoms with Crippen LogP contribution in [0.1, 0.15) is 34.2 Å². The van der Waals surface area contributed by atoms with Gasteiger partial charge in [-0.25, -0.2) is 9.78 Å². The van der Waals surface area contributed by atoms with Gasteiger partial charge in [0.05, 0.1) is 23.0 Å². The van der Waals surface area contributed by atoms with Gasteiger partial charge in [-0.15, -0.1) is 5.10 Å². The number of nitrogens with zero attached hydrogens (tertiary/aromatic N) is 6. The number of carboxylic acids is 1. The third-order valence-corrected chi connectivity index (χ3v) is 5.99. The molecule has 4 aromatic rings. The molecule has 1 atom stereocenters. The molecule has 0 saturated carbocycles. The molecule has 11 heteroatoms. The van der Waals surface area contributed by atoms with E-state index in [1.807, 2.05) is 0 Å². The fourth-order valence-corrected chi connectivity index (χ4v) is 4.33. The van der Waals surface area contributed by atoms with Crippen LogP contribution in [0.3, 0.4) is 0 Å². The normalized spacial score (nSPS) is 14.7. The Labute approximate surface area is 197 Å². The summed E-state index contributed by atoms with van der Waals surface area (Å²) in [4.78, 5) is 41.8. The highest BCUT2D eigenvalue weighted by molar-refractivity contribution is 6.31. The fourth-order valence-electron chi connectivity index (χ4n) is 4.16. The zero-order chi connectivity index (χ0) is 23.8. The number of hydrogen-bond donors (Lipinski definition) is 1. The Hall–Kier alpha value is -4.18. The van der Waals surface area contributed by atoms with Gasteiger partial charge in [0, 0.05) is 29.5 Å². The molecule has 34 heavy (non-hydrogen) atoms. The molecule has 0 fully saturated rings. The van der Waals surface area contributed by atoms with Crippen LogP contribution in [0, 0.1) is 0 Å². The smallest absolute Gasteiger partial charge is 0.335 e. The summed E-state index contributed by atoms with van der Waals surface area (Å²) in [5.74, 6) is -0.640. The van der Waals surface area contributed by atoms with E-state index < -0.39 is 12.0 Å². The Balaban J connectivity index is 1.46.